The lowest BCUT2D eigenvalue weighted by Crippen LogP contribution is -2.41. The van der Waals surface area contributed by atoms with E-state index in [9.17, 15) is 13.2 Å². The maximum absolute atomic E-state index is 14.0. The second-order valence-corrected chi connectivity index (χ2v) is 11.1. The van der Waals surface area contributed by atoms with Gasteiger partial charge in [-0.2, -0.15) is 0 Å². The minimum absolute atomic E-state index is 0.0792. The fourth-order valence-electron chi connectivity index (χ4n) is 4.76. The van der Waals surface area contributed by atoms with Crippen LogP contribution in [0.4, 0.5) is 5.69 Å². The molecule has 208 valence electrons. The largest absolute Gasteiger partial charge is 0.497 e. The SMILES string of the molecule is COc1ccc(OC)c(N(CC(=O)NC(C)c2ccc3c(c2)CCC3)S(=O)(=O)c2ccc(OC)c(OC)c2)c1. The van der Waals surface area contributed by atoms with Crippen molar-refractivity contribution < 1.29 is 32.2 Å². The molecule has 3 aromatic rings. The molecule has 0 radical (unpaired) electrons. The van der Waals surface area contributed by atoms with Gasteiger partial charge in [-0.05, 0) is 67.1 Å². The zero-order valence-electron chi connectivity index (χ0n) is 22.8. The van der Waals surface area contributed by atoms with Crippen LogP contribution < -0.4 is 28.6 Å². The Bertz CT molecular complexity index is 1460. The van der Waals surface area contributed by atoms with Gasteiger partial charge in [-0.15, -0.1) is 0 Å². The highest BCUT2D eigenvalue weighted by Gasteiger charge is 2.31. The van der Waals surface area contributed by atoms with Crippen molar-refractivity contribution in [2.45, 2.75) is 37.1 Å². The molecule has 9 nitrogen and oxygen atoms in total. The molecule has 0 aliphatic heterocycles. The Labute approximate surface area is 229 Å². The summed E-state index contributed by atoms with van der Waals surface area (Å²) in [6, 6.07) is 15.0. The molecule has 0 spiro atoms. The zero-order valence-corrected chi connectivity index (χ0v) is 23.6. The summed E-state index contributed by atoms with van der Waals surface area (Å²) in [6.07, 6.45) is 3.23. The van der Waals surface area contributed by atoms with Crippen molar-refractivity contribution in [3.63, 3.8) is 0 Å². The molecule has 0 bridgehead atoms. The van der Waals surface area contributed by atoms with Gasteiger partial charge in [0.25, 0.3) is 10.0 Å². The van der Waals surface area contributed by atoms with E-state index < -0.39 is 22.5 Å². The first-order chi connectivity index (χ1) is 18.7. The van der Waals surface area contributed by atoms with E-state index in [4.69, 9.17) is 18.9 Å². The summed E-state index contributed by atoms with van der Waals surface area (Å²) in [7, 11) is 1.52. The number of carbonyl (C=O) groups is 1. The third kappa shape index (κ3) is 5.90. The number of nitrogens with one attached hydrogen (secondary N) is 1. The number of hydrogen-bond acceptors (Lipinski definition) is 7. The molecule has 3 aromatic carbocycles. The van der Waals surface area contributed by atoms with E-state index in [-0.39, 0.29) is 28.1 Å². The molecule has 1 N–H and O–H groups in total. The van der Waals surface area contributed by atoms with Crippen molar-refractivity contribution in [3.8, 4) is 23.0 Å². The van der Waals surface area contributed by atoms with Crippen molar-refractivity contribution in [2.75, 3.05) is 39.3 Å². The first-order valence-electron chi connectivity index (χ1n) is 12.6. The average Bonchev–Trinajstić information content (AvgIpc) is 3.43. The Kier molecular flexibility index (Phi) is 8.54. The third-order valence-electron chi connectivity index (χ3n) is 6.88. The maximum atomic E-state index is 14.0. The average molecular weight is 555 g/mol. The number of hydrogen-bond donors (Lipinski definition) is 1. The minimum Gasteiger partial charge on any atom is -0.497 e. The normalized spacial score (nSPS) is 13.3. The van der Waals surface area contributed by atoms with Crippen LogP contribution in [0.1, 0.15) is 36.1 Å². The fraction of sp³-hybridized carbons (Fsp3) is 0.345. The molecular weight excluding hydrogens is 520 g/mol. The Hall–Kier alpha value is -3.92. The molecule has 1 amide bonds. The number of amides is 1. The zero-order chi connectivity index (χ0) is 28.2. The first-order valence-corrected chi connectivity index (χ1v) is 14.0. The molecule has 4 rings (SSSR count). The number of carbonyl (C=O) groups excluding carboxylic acids is 1. The van der Waals surface area contributed by atoms with Gasteiger partial charge in [0.1, 0.15) is 18.0 Å². The van der Waals surface area contributed by atoms with Gasteiger partial charge >= 0.3 is 0 Å². The van der Waals surface area contributed by atoms with E-state index in [1.165, 1.54) is 63.8 Å². The number of anilines is 1. The number of rotatable bonds is 11. The van der Waals surface area contributed by atoms with Crippen LogP contribution in [0, 0.1) is 0 Å². The molecule has 1 atom stereocenters. The lowest BCUT2D eigenvalue weighted by Gasteiger charge is -2.27. The number of benzene rings is 3. The van der Waals surface area contributed by atoms with Crippen molar-refractivity contribution in [1.29, 1.82) is 0 Å². The predicted octanol–water partition coefficient (Wildman–Crippen LogP) is 4.28. The van der Waals surface area contributed by atoms with Gasteiger partial charge in [0.05, 0.1) is 45.1 Å². The van der Waals surface area contributed by atoms with Crippen LogP contribution in [0.3, 0.4) is 0 Å². The minimum atomic E-state index is -4.27. The van der Waals surface area contributed by atoms with Crippen LogP contribution in [-0.4, -0.2) is 49.3 Å². The number of aryl methyl sites for hydroxylation is 2. The number of sulfonamides is 1. The number of nitrogens with zero attached hydrogens (tertiary/aromatic N) is 1. The third-order valence-corrected chi connectivity index (χ3v) is 8.64. The number of ether oxygens (including phenoxy) is 4. The molecule has 0 fully saturated rings. The fourth-order valence-corrected chi connectivity index (χ4v) is 6.20. The first kappa shape index (κ1) is 28.1. The van der Waals surface area contributed by atoms with E-state index in [1.807, 2.05) is 13.0 Å². The summed E-state index contributed by atoms with van der Waals surface area (Å²) >= 11 is 0. The van der Waals surface area contributed by atoms with Crippen LogP contribution in [0.25, 0.3) is 0 Å². The quantitative estimate of drug-likeness (QED) is 0.377. The standard InChI is InChI=1S/C29H34N2O7S/c1-19(21-10-9-20-7-6-8-22(20)15-21)30-29(32)18-31(25-16-23(35-2)11-13-26(25)36-3)39(33,34)24-12-14-27(37-4)28(17-24)38-5/h9-17,19H,6-8,18H2,1-5H3,(H,30,32). The van der Waals surface area contributed by atoms with Gasteiger partial charge in [-0.3, -0.25) is 9.10 Å². The monoisotopic (exact) mass is 554 g/mol. The van der Waals surface area contributed by atoms with Crippen molar-refractivity contribution in [3.05, 3.63) is 71.3 Å². The maximum Gasteiger partial charge on any atom is 0.265 e. The Morgan fingerprint density at radius 3 is 2.23 bits per heavy atom. The van der Waals surface area contributed by atoms with Gasteiger partial charge in [-0.25, -0.2) is 8.42 Å². The summed E-state index contributed by atoms with van der Waals surface area (Å²) in [5, 5.41) is 2.96. The van der Waals surface area contributed by atoms with Crippen LogP contribution in [0.5, 0.6) is 23.0 Å². The summed E-state index contributed by atoms with van der Waals surface area (Å²) in [6.45, 7) is 1.39. The second-order valence-electron chi connectivity index (χ2n) is 9.24. The van der Waals surface area contributed by atoms with E-state index in [0.29, 0.717) is 11.5 Å². The summed E-state index contributed by atoms with van der Waals surface area (Å²) in [5.41, 5.74) is 3.77. The lowest BCUT2D eigenvalue weighted by atomic mass is 10.0. The van der Waals surface area contributed by atoms with Crippen molar-refractivity contribution in [1.82, 2.24) is 5.32 Å². The van der Waals surface area contributed by atoms with Gasteiger partial charge in [-0.1, -0.05) is 18.2 Å². The molecule has 0 saturated carbocycles. The second kappa shape index (κ2) is 11.9. The van der Waals surface area contributed by atoms with Crippen LogP contribution in [-0.2, 0) is 27.7 Å². The van der Waals surface area contributed by atoms with Crippen LogP contribution in [0.15, 0.2) is 59.5 Å². The molecule has 1 aliphatic carbocycles. The van der Waals surface area contributed by atoms with Gasteiger partial charge in [0.15, 0.2) is 11.5 Å². The number of methoxy groups -OCH3 is 4. The molecule has 1 unspecified atom stereocenters. The van der Waals surface area contributed by atoms with Crippen molar-refractivity contribution in [2.24, 2.45) is 0 Å². The lowest BCUT2D eigenvalue weighted by molar-refractivity contribution is -0.120. The summed E-state index contributed by atoms with van der Waals surface area (Å²) in [4.78, 5) is 13.3. The smallest absolute Gasteiger partial charge is 0.265 e. The van der Waals surface area contributed by atoms with Gasteiger partial charge < -0.3 is 24.3 Å². The van der Waals surface area contributed by atoms with Gasteiger partial charge in [0, 0.05) is 12.1 Å². The Morgan fingerprint density at radius 2 is 1.54 bits per heavy atom. The Balaban J connectivity index is 1.70. The predicted molar refractivity (Wildman–Crippen MR) is 149 cm³/mol. The number of fused-ring (bicyclic) bond motifs is 1. The van der Waals surface area contributed by atoms with Crippen molar-refractivity contribution >= 4 is 21.6 Å². The van der Waals surface area contributed by atoms with Crippen LogP contribution in [0.2, 0.25) is 0 Å². The van der Waals surface area contributed by atoms with E-state index >= 15 is 0 Å². The molecular formula is C29H34N2O7S. The molecule has 0 heterocycles. The Morgan fingerprint density at radius 1 is 0.846 bits per heavy atom. The molecule has 1 aliphatic rings. The summed E-state index contributed by atoms with van der Waals surface area (Å²) < 4.78 is 50.5. The molecule has 0 aromatic heterocycles. The molecule has 39 heavy (non-hydrogen) atoms. The highest BCUT2D eigenvalue weighted by Crippen LogP contribution is 2.37. The highest BCUT2D eigenvalue weighted by atomic mass is 32.2. The topological polar surface area (TPSA) is 103 Å². The van der Waals surface area contributed by atoms with Crippen LogP contribution >= 0.6 is 0 Å². The molecule has 0 saturated heterocycles. The molecule has 10 heteroatoms. The highest BCUT2D eigenvalue weighted by molar-refractivity contribution is 7.92. The van der Waals surface area contributed by atoms with E-state index in [2.05, 4.69) is 17.4 Å². The summed E-state index contributed by atoms with van der Waals surface area (Å²) in [5.74, 6) is 0.815. The van der Waals surface area contributed by atoms with E-state index in [0.717, 1.165) is 29.1 Å². The van der Waals surface area contributed by atoms with E-state index in [1.54, 1.807) is 12.1 Å². The van der Waals surface area contributed by atoms with Gasteiger partial charge in [0.2, 0.25) is 5.91 Å².